The minimum absolute atomic E-state index is 0.285. The van der Waals surface area contributed by atoms with Crippen molar-refractivity contribution in [2.75, 3.05) is 26.2 Å². The second-order valence-electron chi connectivity index (χ2n) is 3.05. The topological polar surface area (TPSA) is 52.6 Å². The van der Waals surface area contributed by atoms with Crippen LogP contribution >= 0.6 is 0 Å². The maximum atomic E-state index is 10.8. The summed E-state index contributed by atoms with van der Waals surface area (Å²) < 4.78 is 0. The number of carbonyl (C=O) groups is 1. The van der Waals surface area contributed by atoms with Crippen LogP contribution in [0.3, 0.4) is 0 Å². The second kappa shape index (κ2) is 4.42. The monoisotopic (exact) mass is 172 g/mol. The van der Waals surface area contributed by atoms with E-state index in [0.717, 1.165) is 26.2 Å². The van der Waals surface area contributed by atoms with E-state index < -0.39 is 5.97 Å². The largest absolute Gasteiger partial charge is 0.480 e. The van der Waals surface area contributed by atoms with Crippen LogP contribution in [-0.2, 0) is 4.79 Å². The SMILES string of the molecule is CC[C@H](C(=O)O)N1CCNCC1. The van der Waals surface area contributed by atoms with Gasteiger partial charge in [-0.05, 0) is 6.42 Å². The molecule has 0 amide bonds. The maximum absolute atomic E-state index is 10.8. The highest BCUT2D eigenvalue weighted by Gasteiger charge is 2.24. The van der Waals surface area contributed by atoms with Gasteiger partial charge in [0.25, 0.3) is 0 Å². The molecule has 12 heavy (non-hydrogen) atoms. The van der Waals surface area contributed by atoms with Crippen molar-refractivity contribution < 1.29 is 9.90 Å². The molecule has 0 bridgehead atoms. The Hall–Kier alpha value is -0.610. The zero-order valence-corrected chi connectivity index (χ0v) is 7.42. The van der Waals surface area contributed by atoms with Gasteiger partial charge in [0, 0.05) is 26.2 Å². The van der Waals surface area contributed by atoms with E-state index in [0.29, 0.717) is 6.42 Å². The van der Waals surface area contributed by atoms with Crippen molar-refractivity contribution in [3.63, 3.8) is 0 Å². The molecule has 1 aliphatic heterocycles. The van der Waals surface area contributed by atoms with Gasteiger partial charge in [0.05, 0.1) is 0 Å². The van der Waals surface area contributed by atoms with Gasteiger partial charge < -0.3 is 10.4 Å². The smallest absolute Gasteiger partial charge is 0.320 e. The Morgan fingerprint density at radius 1 is 1.58 bits per heavy atom. The number of rotatable bonds is 3. The van der Waals surface area contributed by atoms with Crippen molar-refractivity contribution in [1.82, 2.24) is 10.2 Å². The van der Waals surface area contributed by atoms with Crippen molar-refractivity contribution in [2.45, 2.75) is 19.4 Å². The quantitative estimate of drug-likeness (QED) is 0.616. The highest BCUT2D eigenvalue weighted by atomic mass is 16.4. The van der Waals surface area contributed by atoms with Gasteiger partial charge in [-0.1, -0.05) is 6.92 Å². The zero-order chi connectivity index (χ0) is 8.97. The molecule has 1 atom stereocenters. The molecular weight excluding hydrogens is 156 g/mol. The van der Waals surface area contributed by atoms with Gasteiger partial charge >= 0.3 is 5.97 Å². The predicted molar refractivity (Wildman–Crippen MR) is 46.2 cm³/mol. The van der Waals surface area contributed by atoms with E-state index in [1.54, 1.807) is 0 Å². The minimum atomic E-state index is -0.695. The Labute approximate surface area is 72.6 Å². The fourth-order valence-corrected chi connectivity index (χ4v) is 1.58. The van der Waals surface area contributed by atoms with Crippen LogP contribution in [0.2, 0.25) is 0 Å². The molecule has 1 fully saturated rings. The van der Waals surface area contributed by atoms with E-state index >= 15 is 0 Å². The summed E-state index contributed by atoms with van der Waals surface area (Å²) in [4.78, 5) is 12.8. The number of carboxylic acid groups (broad SMARTS) is 1. The van der Waals surface area contributed by atoms with Gasteiger partial charge in [-0.3, -0.25) is 9.69 Å². The molecular formula is C8H16N2O2. The summed E-state index contributed by atoms with van der Waals surface area (Å²) in [5.41, 5.74) is 0. The third-order valence-electron chi connectivity index (χ3n) is 2.26. The summed E-state index contributed by atoms with van der Waals surface area (Å²) in [7, 11) is 0. The molecule has 0 aromatic heterocycles. The number of hydrogen-bond acceptors (Lipinski definition) is 3. The lowest BCUT2D eigenvalue weighted by Crippen LogP contribution is -2.50. The summed E-state index contributed by atoms with van der Waals surface area (Å²) in [5.74, 6) is -0.695. The summed E-state index contributed by atoms with van der Waals surface area (Å²) in [6.45, 7) is 5.43. The van der Waals surface area contributed by atoms with Crippen LogP contribution in [0.15, 0.2) is 0 Å². The minimum Gasteiger partial charge on any atom is -0.480 e. The molecule has 1 aliphatic rings. The number of piperazine rings is 1. The molecule has 0 spiro atoms. The number of nitrogens with zero attached hydrogens (tertiary/aromatic N) is 1. The number of nitrogens with one attached hydrogen (secondary N) is 1. The van der Waals surface area contributed by atoms with Gasteiger partial charge in [0.2, 0.25) is 0 Å². The van der Waals surface area contributed by atoms with Gasteiger partial charge in [0.1, 0.15) is 6.04 Å². The van der Waals surface area contributed by atoms with E-state index in [2.05, 4.69) is 5.32 Å². The first kappa shape index (κ1) is 9.48. The van der Waals surface area contributed by atoms with Gasteiger partial charge in [-0.2, -0.15) is 0 Å². The highest BCUT2D eigenvalue weighted by Crippen LogP contribution is 2.05. The van der Waals surface area contributed by atoms with Crippen molar-refractivity contribution in [1.29, 1.82) is 0 Å². The lowest BCUT2D eigenvalue weighted by atomic mass is 10.2. The average molecular weight is 172 g/mol. The molecule has 0 radical (unpaired) electrons. The summed E-state index contributed by atoms with van der Waals surface area (Å²) in [5, 5.41) is 12.1. The van der Waals surface area contributed by atoms with E-state index in [-0.39, 0.29) is 6.04 Å². The summed E-state index contributed by atoms with van der Waals surface area (Å²) in [6, 6.07) is -0.285. The zero-order valence-electron chi connectivity index (χ0n) is 7.42. The normalized spacial score (nSPS) is 22.1. The Balaban J connectivity index is 2.46. The first-order valence-corrected chi connectivity index (χ1v) is 4.43. The molecule has 1 rings (SSSR count). The fraction of sp³-hybridized carbons (Fsp3) is 0.875. The first-order chi connectivity index (χ1) is 5.75. The van der Waals surface area contributed by atoms with Crippen LogP contribution in [0.1, 0.15) is 13.3 Å². The molecule has 4 heteroatoms. The summed E-state index contributed by atoms with van der Waals surface area (Å²) in [6.07, 6.45) is 0.690. The van der Waals surface area contributed by atoms with Gasteiger partial charge in [-0.25, -0.2) is 0 Å². The standard InChI is InChI=1S/C8H16N2O2/c1-2-7(8(11)12)10-5-3-9-4-6-10/h7,9H,2-6H2,1H3,(H,11,12)/t7-/m1/s1. The van der Waals surface area contributed by atoms with Gasteiger partial charge in [-0.15, -0.1) is 0 Å². The molecule has 4 nitrogen and oxygen atoms in total. The molecule has 70 valence electrons. The average Bonchev–Trinajstić information content (AvgIpc) is 2.07. The van der Waals surface area contributed by atoms with E-state index in [1.165, 1.54) is 0 Å². The summed E-state index contributed by atoms with van der Waals surface area (Å²) >= 11 is 0. The fourth-order valence-electron chi connectivity index (χ4n) is 1.58. The van der Waals surface area contributed by atoms with E-state index in [9.17, 15) is 4.79 Å². The lowest BCUT2D eigenvalue weighted by Gasteiger charge is -2.31. The van der Waals surface area contributed by atoms with Crippen LogP contribution in [0.25, 0.3) is 0 Å². The third-order valence-corrected chi connectivity index (χ3v) is 2.26. The molecule has 0 saturated carbocycles. The Morgan fingerprint density at radius 2 is 2.17 bits per heavy atom. The second-order valence-corrected chi connectivity index (χ2v) is 3.05. The molecule has 0 aliphatic carbocycles. The van der Waals surface area contributed by atoms with Crippen LogP contribution in [0.4, 0.5) is 0 Å². The molecule has 1 heterocycles. The molecule has 1 saturated heterocycles. The molecule has 0 aromatic rings. The lowest BCUT2D eigenvalue weighted by molar-refractivity contribution is -0.143. The maximum Gasteiger partial charge on any atom is 0.320 e. The van der Waals surface area contributed by atoms with E-state index in [1.807, 2.05) is 11.8 Å². The first-order valence-electron chi connectivity index (χ1n) is 4.43. The number of aliphatic carboxylic acids is 1. The van der Waals surface area contributed by atoms with E-state index in [4.69, 9.17) is 5.11 Å². The van der Waals surface area contributed by atoms with Crippen LogP contribution in [0.5, 0.6) is 0 Å². The predicted octanol–water partition coefficient (Wildman–Crippen LogP) is -0.245. The number of carboxylic acids is 1. The third kappa shape index (κ3) is 2.19. The highest BCUT2D eigenvalue weighted by molar-refractivity contribution is 5.73. The molecule has 2 N–H and O–H groups in total. The van der Waals surface area contributed by atoms with Crippen molar-refractivity contribution in [2.24, 2.45) is 0 Å². The van der Waals surface area contributed by atoms with Crippen LogP contribution in [0, 0.1) is 0 Å². The van der Waals surface area contributed by atoms with Crippen LogP contribution < -0.4 is 5.32 Å². The van der Waals surface area contributed by atoms with Crippen LogP contribution in [-0.4, -0.2) is 48.2 Å². The van der Waals surface area contributed by atoms with Crippen molar-refractivity contribution in [3.05, 3.63) is 0 Å². The Morgan fingerprint density at radius 3 is 2.58 bits per heavy atom. The van der Waals surface area contributed by atoms with Crippen molar-refractivity contribution in [3.8, 4) is 0 Å². The van der Waals surface area contributed by atoms with Crippen molar-refractivity contribution >= 4 is 5.97 Å². The Kier molecular flexibility index (Phi) is 3.49. The molecule has 0 aromatic carbocycles. The Bertz CT molecular complexity index is 155. The number of hydrogen-bond donors (Lipinski definition) is 2. The van der Waals surface area contributed by atoms with Gasteiger partial charge in [0.15, 0.2) is 0 Å². The molecule has 0 unspecified atom stereocenters.